The molecule has 2 heterocycles. The molecule has 0 N–H and O–H groups in total. The zero-order valence-corrected chi connectivity index (χ0v) is 13.7. The lowest BCUT2D eigenvalue weighted by Gasteiger charge is -2.09. The van der Waals surface area contributed by atoms with Gasteiger partial charge in [0.05, 0.1) is 16.6 Å². The van der Waals surface area contributed by atoms with Crippen molar-refractivity contribution in [2.75, 3.05) is 0 Å². The third-order valence-electron chi connectivity index (χ3n) is 3.09. The van der Waals surface area contributed by atoms with E-state index in [1.807, 2.05) is 35.8 Å². The van der Waals surface area contributed by atoms with Crippen LogP contribution < -0.4 is 0 Å². The maximum Gasteiger partial charge on any atom is 0.165 e. The van der Waals surface area contributed by atoms with E-state index >= 15 is 0 Å². The fraction of sp³-hybridized carbons (Fsp3) is 0.143. The first kappa shape index (κ1) is 13.9. The third kappa shape index (κ3) is 2.22. The lowest BCUT2D eigenvalue weighted by molar-refractivity contribution is 0.969. The summed E-state index contributed by atoms with van der Waals surface area (Å²) < 4.78 is 2.83. The number of aryl methyl sites for hydroxylation is 1. The van der Waals surface area contributed by atoms with Crippen molar-refractivity contribution in [2.45, 2.75) is 12.8 Å². The Morgan fingerprint density at radius 2 is 2.10 bits per heavy atom. The van der Waals surface area contributed by atoms with Crippen LogP contribution in [0.1, 0.15) is 11.4 Å². The third-order valence-corrected chi connectivity index (χ3v) is 4.12. The number of rotatable bonds is 2. The van der Waals surface area contributed by atoms with Crippen LogP contribution in [-0.2, 0) is 5.88 Å². The Balaban J connectivity index is 2.37. The monoisotopic (exact) mass is 369 g/mol. The van der Waals surface area contributed by atoms with Gasteiger partial charge in [-0.25, -0.2) is 9.97 Å². The Morgan fingerprint density at radius 3 is 2.80 bits per heavy atom. The van der Waals surface area contributed by atoms with Gasteiger partial charge in [-0.1, -0.05) is 27.5 Å². The van der Waals surface area contributed by atoms with E-state index in [9.17, 15) is 0 Å². The van der Waals surface area contributed by atoms with Crippen LogP contribution in [0.25, 0.3) is 16.9 Å². The highest BCUT2D eigenvalue weighted by atomic mass is 79.9. The number of hydrogen-bond donors (Lipinski definition) is 0. The molecule has 0 aliphatic carbocycles. The molecule has 0 saturated heterocycles. The summed E-state index contributed by atoms with van der Waals surface area (Å²) in [5, 5.41) is 0.619. The van der Waals surface area contributed by atoms with Crippen molar-refractivity contribution in [3.05, 3.63) is 51.3 Å². The number of fused-ring (bicyclic) bond motifs is 1. The van der Waals surface area contributed by atoms with Crippen molar-refractivity contribution in [2.24, 2.45) is 0 Å². The van der Waals surface area contributed by atoms with Gasteiger partial charge in [0, 0.05) is 10.7 Å². The molecule has 0 aliphatic heterocycles. The molecular weight excluding hydrogens is 361 g/mol. The Hall–Kier alpha value is -1.10. The second-order valence-corrected chi connectivity index (χ2v) is 5.98. The highest BCUT2D eigenvalue weighted by molar-refractivity contribution is 9.10. The highest BCUT2D eigenvalue weighted by Crippen LogP contribution is 2.29. The molecule has 2 aromatic heterocycles. The lowest BCUT2D eigenvalue weighted by Crippen LogP contribution is -2.01. The average Bonchev–Trinajstić information content (AvgIpc) is 2.79. The Kier molecular flexibility index (Phi) is 3.71. The van der Waals surface area contributed by atoms with E-state index < -0.39 is 0 Å². The molecule has 0 atom stereocenters. The SMILES string of the molecule is Cc1ccnc2c1nc(CCl)n2-c1ccc(Br)cc1Cl. The molecular formula is C14H10BrCl2N3. The van der Waals surface area contributed by atoms with Crippen LogP contribution in [0.2, 0.25) is 5.02 Å². The minimum absolute atomic E-state index is 0.294. The maximum absolute atomic E-state index is 6.34. The maximum atomic E-state index is 6.34. The minimum atomic E-state index is 0.294. The average molecular weight is 371 g/mol. The number of pyridine rings is 1. The Labute approximate surface area is 134 Å². The van der Waals surface area contributed by atoms with E-state index in [0.717, 1.165) is 32.7 Å². The number of halogens is 3. The summed E-state index contributed by atoms with van der Waals surface area (Å²) in [6, 6.07) is 7.63. The number of benzene rings is 1. The normalized spacial score (nSPS) is 11.2. The first-order chi connectivity index (χ1) is 9.61. The van der Waals surface area contributed by atoms with E-state index in [1.165, 1.54) is 0 Å². The molecule has 20 heavy (non-hydrogen) atoms. The first-order valence-electron chi connectivity index (χ1n) is 5.96. The van der Waals surface area contributed by atoms with Crippen molar-refractivity contribution in [3.8, 4) is 5.69 Å². The predicted octanol–water partition coefficient (Wildman–Crippen LogP) is 4.88. The summed E-state index contributed by atoms with van der Waals surface area (Å²) in [6.07, 6.45) is 1.76. The fourth-order valence-corrected chi connectivity index (χ4v) is 3.08. The summed E-state index contributed by atoms with van der Waals surface area (Å²) in [4.78, 5) is 8.99. The molecule has 0 aliphatic rings. The zero-order valence-electron chi connectivity index (χ0n) is 10.6. The molecule has 102 valence electrons. The molecule has 3 nitrogen and oxygen atoms in total. The van der Waals surface area contributed by atoms with Crippen molar-refractivity contribution in [1.29, 1.82) is 0 Å². The van der Waals surface area contributed by atoms with Crippen LogP contribution in [0.3, 0.4) is 0 Å². The molecule has 0 saturated carbocycles. The van der Waals surface area contributed by atoms with Gasteiger partial charge in [-0.2, -0.15) is 0 Å². The lowest BCUT2D eigenvalue weighted by atomic mass is 10.2. The summed E-state index contributed by atoms with van der Waals surface area (Å²) in [7, 11) is 0. The van der Waals surface area contributed by atoms with Crippen LogP contribution in [0.4, 0.5) is 0 Å². The highest BCUT2D eigenvalue weighted by Gasteiger charge is 2.16. The molecule has 6 heteroatoms. The van der Waals surface area contributed by atoms with Crippen molar-refractivity contribution in [3.63, 3.8) is 0 Å². The van der Waals surface area contributed by atoms with Gasteiger partial charge in [0.25, 0.3) is 0 Å². The van der Waals surface area contributed by atoms with E-state index in [4.69, 9.17) is 23.2 Å². The standard InChI is InChI=1S/C14H10BrCl2N3/c1-8-4-5-18-14-13(8)19-12(7-16)20(14)11-3-2-9(15)6-10(11)17/h2-6H,7H2,1H3. The first-order valence-corrected chi connectivity index (χ1v) is 7.66. The van der Waals surface area contributed by atoms with Crippen molar-refractivity contribution >= 4 is 50.3 Å². The quantitative estimate of drug-likeness (QED) is 0.601. The molecule has 0 radical (unpaired) electrons. The van der Waals surface area contributed by atoms with E-state index in [2.05, 4.69) is 25.9 Å². The number of aromatic nitrogens is 3. The van der Waals surface area contributed by atoms with Crippen LogP contribution in [0.15, 0.2) is 34.9 Å². The van der Waals surface area contributed by atoms with Crippen LogP contribution in [0, 0.1) is 6.92 Å². The summed E-state index contributed by atoms with van der Waals surface area (Å²) in [6.45, 7) is 2.00. The molecule has 3 aromatic rings. The summed E-state index contributed by atoms with van der Waals surface area (Å²) in [5.41, 5.74) is 3.51. The zero-order chi connectivity index (χ0) is 14.3. The van der Waals surface area contributed by atoms with Crippen LogP contribution in [-0.4, -0.2) is 14.5 Å². The van der Waals surface area contributed by atoms with Crippen molar-refractivity contribution < 1.29 is 0 Å². The Bertz CT molecular complexity index is 798. The smallest absolute Gasteiger partial charge is 0.165 e. The second-order valence-electron chi connectivity index (χ2n) is 4.39. The molecule has 0 spiro atoms. The number of hydrogen-bond acceptors (Lipinski definition) is 2. The van der Waals surface area contributed by atoms with Gasteiger partial charge in [0.1, 0.15) is 11.3 Å². The molecule has 3 rings (SSSR count). The van der Waals surface area contributed by atoms with Crippen LogP contribution in [0.5, 0.6) is 0 Å². The predicted molar refractivity (Wildman–Crippen MR) is 85.9 cm³/mol. The number of nitrogens with zero attached hydrogens (tertiary/aromatic N) is 3. The van der Waals surface area contributed by atoms with Crippen molar-refractivity contribution in [1.82, 2.24) is 14.5 Å². The van der Waals surface area contributed by atoms with Gasteiger partial charge in [0.15, 0.2) is 5.65 Å². The van der Waals surface area contributed by atoms with Gasteiger partial charge < -0.3 is 0 Å². The van der Waals surface area contributed by atoms with Gasteiger partial charge in [-0.05, 0) is 36.8 Å². The van der Waals surface area contributed by atoms with Gasteiger partial charge in [-0.3, -0.25) is 4.57 Å². The summed E-state index contributed by atoms with van der Waals surface area (Å²) >= 11 is 15.8. The number of alkyl halides is 1. The van der Waals surface area contributed by atoms with E-state index in [1.54, 1.807) is 6.20 Å². The topological polar surface area (TPSA) is 30.7 Å². The fourth-order valence-electron chi connectivity index (χ4n) is 2.14. The number of imidazole rings is 1. The molecule has 1 aromatic carbocycles. The molecule has 0 fully saturated rings. The van der Waals surface area contributed by atoms with Crippen LogP contribution >= 0.6 is 39.1 Å². The Morgan fingerprint density at radius 1 is 1.30 bits per heavy atom. The molecule has 0 bridgehead atoms. The molecule has 0 unspecified atom stereocenters. The summed E-state index contributed by atoms with van der Waals surface area (Å²) in [5.74, 6) is 1.02. The van der Waals surface area contributed by atoms with Gasteiger partial charge >= 0.3 is 0 Å². The van der Waals surface area contributed by atoms with E-state index in [-0.39, 0.29) is 0 Å². The van der Waals surface area contributed by atoms with Gasteiger partial charge in [0.2, 0.25) is 0 Å². The molecule has 0 amide bonds. The largest absolute Gasteiger partial charge is 0.278 e. The minimum Gasteiger partial charge on any atom is -0.278 e. The van der Waals surface area contributed by atoms with Gasteiger partial charge in [-0.15, -0.1) is 11.6 Å². The second kappa shape index (κ2) is 5.35. The van der Waals surface area contributed by atoms with E-state index in [0.29, 0.717) is 10.9 Å².